The summed E-state index contributed by atoms with van der Waals surface area (Å²) in [6.07, 6.45) is 3.17. The molecule has 15 heavy (non-hydrogen) atoms. The van der Waals surface area contributed by atoms with Crippen LogP contribution in [0.2, 0.25) is 0 Å². The van der Waals surface area contributed by atoms with Crippen molar-refractivity contribution in [1.82, 2.24) is 4.90 Å². The molecule has 4 atom stereocenters. The van der Waals surface area contributed by atoms with E-state index in [0.717, 1.165) is 25.8 Å². The number of carbonyl (C=O) groups is 1. The molecule has 2 rings (SSSR count). The second kappa shape index (κ2) is 4.10. The molecule has 0 saturated carbocycles. The second-order valence-electron chi connectivity index (χ2n) is 4.69. The van der Waals surface area contributed by atoms with E-state index in [0.29, 0.717) is 6.04 Å². The predicted octanol–water partition coefficient (Wildman–Crippen LogP) is 1.10. The Morgan fingerprint density at radius 2 is 2.20 bits per heavy atom. The molecule has 2 saturated heterocycles. The number of hydrogen-bond acceptors (Lipinski definition) is 3. The van der Waals surface area contributed by atoms with Gasteiger partial charge in [-0.1, -0.05) is 0 Å². The van der Waals surface area contributed by atoms with Gasteiger partial charge in [0.05, 0.1) is 12.2 Å². The molecule has 4 nitrogen and oxygen atoms in total. The Kier molecular flexibility index (Phi) is 2.98. The van der Waals surface area contributed by atoms with Crippen LogP contribution in [0, 0.1) is 0 Å². The molecule has 0 aromatic heterocycles. The number of rotatable bonds is 2. The largest absolute Gasteiger partial charge is 0.480 e. The fourth-order valence-electron chi connectivity index (χ4n) is 2.90. The molecule has 0 aliphatic carbocycles. The van der Waals surface area contributed by atoms with E-state index in [1.807, 2.05) is 6.92 Å². The number of carboxylic acid groups (broad SMARTS) is 1. The number of carboxylic acids is 1. The maximum Gasteiger partial charge on any atom is 0.320 e. The Balaban J connectivity index is 2.06. The van der Waals surface area contributed by atoms with Crippen molar-refractivity contribution in [3.05, 3.63) is 0 Å². The minimum Gasteiger partial charge on any atom is -0.480 e. The topological polar surface area (TPSA) is 49.8 Å². The zero-order chi connectivity index (χ0) is 11.0. The van der Waals surface area contributed by atoms with Crippen LogP contribution >= 0.6 is 0 Å². The second-order valence-corrected chi connectivity index (χ2v) is 4.69. The number of nitrogens with zero attached hydrogens (tertiary/aromatic N) is 1. The highest BCUT2D eigenvalue weighted by Gasteiger charge is 2.41. The molecule has 4 heteroatoms. The van der Waals surface area contributed by atoms with Gasteiger partial charge < -0.3 is 9.84 Å². The Morgan fingerprint density at radius 1 is 1.47 bits per heavy atom. The standard InChI is InChI=1S/C11H19NO3/c1-7-6-10(8(2)15-7)12-5-3-4-9(12)11(13)14/h7-10H,3-6H2,1-2H3,(H,13,14). The summed E-state index contributed by atoms with van der Waals surface area (Å²) in [4.78, 5) is 13.2. The lowest BCUT2D eigenvalue weighted by Gasteiger charge is -2.29. The van der Waals surface area contributed by atoms with Crippen LogP contribution in [0.5, 0.6) is 0 Å². The Hall–Kier alpha value is -0.610. The van der Waals surface area contributed by atoms with Gasteiger partial charge in [-0.25, -0.2) is 0 Å². The number of aliphatic carboxylic acids is 1. The van der Waals surface area contributed by atoms with Crippen molar-refractivity contribution in [2.45, 2.75) is 57.4 Å². The summed E-state index contributed by atoms with van der Waals surface area (Å²) < 4.78 is 5.68. The van der Waals surface area contributed by atoms with E-state index in [9.17, 15) is 4.79 Å². The highest BCUT2D eigenvalue weighted by molar-refractivity contribution is 5.73. The van der Waals surface area contributed by atoms with Crippen LogP contribution in [0.1, 0.15) is 33.1 Å². The highest BCUT2D eigenvalue weighted by Crippen LogP contribution is 2.30. The zero-order valence-electron chi connectivity index (χ0n) is 9.35. The Bertz CT molecular complexity index is 256. The lowest BCUT2D eigenvalue weighted by molar-refractivity contribution is -0.143. The van der Waals surface area contributed by atoms with Gasteiger partial charge in [0, 0.05) is 6.04 Å². The van der Waals surface area contributed by atoms with Gasteiger partial charge in [-0.05, 0) is 39.7 Å². The fraction of sp³-hybridized carbons (Fsp3) is 0.909. The van der Waals surface area contributed by atoms with Gasteiger partial charge in [0.25, 0.3) is 0 Å². The zero-order valence-corrected chi connectivity index (χ0v) is 9.35. The molecule has 1 N–H and O–H groups in total. The van der Waals surface area contributed by atoms with Crippen molar-refractivity contribution in [1.29, 1.82) is 0 Å². The maximum absolute atomic E-state index is 11.1. The molecular formula is C11H19NO3. The van der Waals surface area contributed by atoms with E-state index in [1.54, 1.807) is 0 Å². The third kappa shape index (κ3) is 2.01. The molecule has 0 bridgehead atoms. The molecule has 86 valence electrons. The molecule has 2 aliphatic rings. The minimum absolute atomic E-state index is 0.167. The summed E-state index contributed by atoms with van der Waals surface area (Å²) in [7, 11) is 0. The first kappa shape index (κ1) is 10.9. The lowest BCUT2D eigenvalue weighted by atomic mass is 10.1. The van der Waals surface area contributed by atoms with Crippen molar-refractivity contribution in [2.24, 2.45) is 0 Å². The molecule has 0 spiro atoms. The smallest absolute Gasteiger partial charge is 0.320 e. The molecule has 4 unspecified atom stereocenters. The van der Waals surface area contributed by atoms with E-state index in [4.69, 9.17) is 9.84 Å². The van der Waals surface area contributed by atoms with E-state index >= 15 is 0 Å². The molecular weight excluding hydrogens is 194 g/mol. The summed E-state index contributed by atoms with van der Waals surface area (Å²) in [5, 5.41) is 9.11. The van der Waals surface area contributed by atoms with Crippen molar-refractivity contribution in [3.8, 4) is 0 Å². The van der Waals surface area contributed by atoms with Gasteiger partial charge >= 0.3 is 5.97 Å². The Labute approximate surface area is 90.2 Å². The molecule has 0 radical (unpaired) electrons. The van der Waals surface area contributed by atoms with Crippen LogP contribution < -0.4 is 0 Å². The third-order valence-corrected chi connectivity index (χ3v) is 3.57. The van der Waals surface area contributed by atoms with Crippen LogP contribution in [0.3, 0.4) is 0 Å². The highest BCUT2D eigenvalue weighted by atomic mass is 16.5. The van der Waals surface area contributed by atoms with Crippen LogP contribution in [-0.2, 0) is 9.53 Å². The van der Waals surface area contributed by atoms with Gasteiger partial charge in [-0.2, -0.15) is 0 Å². The molecule has 0 aromatic rings. The van der Waals surface area contributed by atoms with Crippen molar-refractivity contribution >= 4 is 5.97 Å². The molecule has 2 aliphatic heterocycles. The van der Waals surface area contributed by atoms with Crippen LogP contribution in [0.4, 0.5) is 0 Å². The van der Waals surface area contributed by atoms with Gasteiger partial charge in [0.1, 0.15) is 6.04 Å². The normalized spacial score (nSPS) is 42.3. The van der Waals surface area contributed by atoms with E-state index in [2.05, 4.69) is 11.8 Å². The monoisotopic (exact) mass is 213 g/mol. The van der Waals surface area contributed by atoms with E-state index < -0.39 is 5.97 Å². The number of ether oxygens (including phenoxy) is 1. The molecule has 2 fully saturated rings. The van der Waals surface area contributed by atoms with Crippen LogP contribution in [0.15, 0.2) is 0 Å². The summed E-state index contributed by atoms with van der Waals surface area (Å²) in [6, 6.07) is 0.00921. The van der Waals surface area contributed by atoms with Crippen molar-refractivity contribution in [3.63, 3.8) is 0 Å². The average Bonchev–Trinajstić information content (AvgIpc) is 2.71. The minimum atomic E-state index is -0.681. The maximum atomic E-state index is 11.1. The average molecular weight is 213 g/mol. The van der Waals surface area contributed by atoms with Gasteiger partial charge in [-0.15, -0.1) is 0 Å². The predicted molar refractivity (Wildman–Crippen MR) is 55.8 cm³/mol. The Morgan fingerprint density at radius 3 is 2.73 bits per heavy atom. The number of hydrogen-bond donors (Lipinski definition) is 1. The molecule has 0 amide bonds. The first-order valence-corrected chi connectivity index (χ1v) is 5.73. The summed E-state index contributed by atoms with van der Waals surface area (Å²) >= 11 is 0. The van der Waals surface area contributed by atoms with Gasteiger partial charge in [0.15, 0.2) is 0 Å². The van der Waals surface area contributed by atoms with Crippen molar-refractivity contribution < 1.29 is 14.6 Å². The van der Waals surface area contributed by atoms with Gasteiger partial charge in [0.2, 0.25) is 0 Å². The number of likely N-dealkylation sites (tertiary alicyclic amines) is 1. The first-order chi connectivity index (χ1) is 7.09. The molecule has 2 heterocycles. The summed E-state index contributed by atoms with van der Waals surface area (Å²) in [5.74, 6) is -0.681. The molecule has 0 aromatic carbocycles. The van der Waals surface area contributed by atoms with Crippen LogP contribution in [0.25, 0.3) is 0 Å². The SMILES string of the molecule is CC1CC(N2CCCC2C(=O)O)C(C)O1. The summed E-state index contributed by atoms with van der Waals surface area (Å²) in [6.45, 7) is 5.01. The third-order valence-electron chi connectivity index (χ3n) is 3.57. The quantitative estimate of drug-likeness (QED) is 0.746. The fourth-order valence-corrected chi connectivity index (χ4v) is 2.90. The summed E-state index contributed by atoms with van der Waals surface area (Å²) in [5.41, 5.74) is 0. The first-order valence-electron chi connectivity index (χ1n) is 5.73. The van der Waals surface area contributed by atoms with Crippen LogP contribution in [-0.4, -0.2) is 46.8 Å². The lowest BCUT2D eigenvalue weighted by Crippen LogP contribution is -2.46. The van der Waals surface area contributed by atoms with E-state index in [1.165, 1.54) is 0 Å². The van der Waals surface area contributed by atoms with E-state index in [-0.39, 0.29) is 18.2 Å². The van der Waals surface area contributed by atoms with Crippen molar-refractivity contribution in [2.75, 3.05) is 6.54 Å². The van der Waals surface area contributed by atoms with Gasteiger partial charge in [-0.3, -0.25) is 9.69 Å².